The van der Waals surface area contributed by atoms with Gasteiger partial charge in [-0.05, 0) is 24.0 Å². The van der Waals surface area contributed by atoms with E-state index in [0.717, 1.165) is 4.90 Å². The molecule has 1 rings (SSSR count). The third kappa shape index (κ3) is 2.00. The number of aliphatic hydroxyl groups is 1. The van der Waals surface area contributed by atoms with Gasteiger partial charge in [-0.15, -0.1) is 11.8 Å². The van der Waals surface area contributed by atoms with Crippen molar-refractivity contribution >= 4 is 11.8 Å². The zero-order valence-corrected chi connectivity index (χ0v) is 7.51. The molecule has 0 bridgehead atoms. The lowest BCUT2D eigenvalue weighted by atomic mass is 10.1. The highest BCUT2D eigenvalue weighted by molar-refractivity contribution is 7.98. The molecule has 0 spiro atoms. The first-order chi connectivity index (χ1) is 5.77. The SMILES string of the molecule is CSc1ccc([C@@H](O)C#N)cc1. The number of benzene rings is 1. The molecule has 0 radical (unpaired) electrons. The van der Waals surface area contributed by atoms with E-state index in [1.54, 1.807) is 30.0 Å². The van der Waals surface area contributed by atoms with Gasteiger partial charge in [0.05, 0.1) is 6.07 Å². The van der Waals surface area contributed by atoms with Crippen molar-refractivity contribution in [2.75, 3.05) is 6.26 Å². The molecular formula is C9H9NOS. The third-order valence-electron chi connectivity index (χ3n) is 1.55. The minimum absolute atomic E-state index is 0.648. The highest BCUT2D eigenvalue weighted by Gasteiger charge is 2.03. The van der Waals surface area contributed by atoms with E-state index in [1.807, 2.05) is 18.4 Å². The Morgan fingerprint density at radius 3 is 2.42 bits per heavy atom. The lowest BCUT2D eigenvalue weighted by Gasteiger charge is -2.01. The van der Waals surface area contributed by atoms with Crippen molar-refractivity contribution in [2.24, 2.45) is 0 Å². The van der Waals surface area contributed by atoms with Crippen molar-refractivity contribution in [2.45, 2.75) is 11.0 Å². The molecule has 62 valence electrons. The summed E-state index contributed by atoms with van der Waals surface area (Å²) >= 11 is 1.63. The summed E-state index contributed by atoms with van der Waals surface area (Å²) in [6, 6.07) is 9.07. The van der Waals surface area contributed by atoms with Crippen molar-refractivity contribution < 1.29 is 5.11 Å². The molecule has 1 aromatic rings. The number of aliphatic hydroxyl groups excluding tert-OH is 1. The maximum atomic E-state index is 9.12. The topological polar surface area (TPSA) is 44.0 Å². The monoisotopic (exact) mass is 179 g/mol. The molecule has 0 aliphatic rings. The van der Waals surface area contributed by atoms with Crippen LogP contribution in [0, 0.1) is 11.3 Å². The number of nitriles is 1. The normalized spacial score (nSPS) is 12.1. The van der Waals surface area contributed by atoms with E-state index in [-0.39, 0.29) is 0 Å². The molecule has 0 heterocycles. The predicted molar refractivity (Wildman–Crippen MR) is 48.8 cm³/mol. The van der Waals surface area contributed by atoms with Crippen LogP contribution in [0.1, 0.15) is 11.7 Å². The van der Waals surface area contributed by atoms with E-state index in [2.05, 4.69) is 0 Å². The molecule has 2 nitrogen and oxygen atoms in total. The van der Waals surface area contributed by atoms with Gasteiger partial charge in [-0.2, -0.15) is 5.26 Å². The fourth-order valence-corrected chi connectivity index (χ4v) is 1.27. The van der Waals surface area contributed by atoms with Crippen molar-refractivity contribution in [3.05, 3.63) is 29.8 Å². The average molecular weight is 179 g/mol. The molecule has 0 aliphatic carbocycles. The van der Waals surface area contributed by atoms with Gasteiger partial charge in [0.15, 0.2) is 6.10 Å². The molecule has 0 aromatic heterocycles. The lowest BCUT2D eigenvalue weighted by molar-refractivity contribution is 0.236. The fraction of sp³-hybridized carbons (Fsp3) is 0.222. The summed E-state index contributed by atoms with van der Waals surface area (Å²) in [7, 11) is 0. The van der Waals surface area contributed by atoms with Crippen molar-refractivity contribution in [1.29, 1.82) is 5.26 Å². The molecule has 1 aromatic carbocycles. The third-order valence-corrected chi connectivity index (χ3v) is 2.30. The summed E-state index contributed by atoms with van der Waals surface area (Å²) in [4.78, 5) is 1.13. The van der Waals surface area contributed by atoms with Crippen LogP contribution in [0.5, 0.6) is 0 Å². The average Bonchev–Trinajstić information content (AvgIpc) is 2.17. The van der Waals surface area contributed by atoms with Crippen LogP contribution < -0.4 is 0 Å². The number of thioether (sulfide) groups is 1. The largest absolute Gasteiger partial charge is 0.374 e. The van der Waals surface area contributed by atoms with Crippen LogP contribution in [0.3, 0.4) is 0 Å². The van der Waals surface area contributed by atoms with Crippen molar-refractivity contribution in [3.63, 3.8) is 0 Å². The standard InChI is InChI=1S/C9H9NOS/c1-12-8-4-2-7(3-5-8)9(11)6-10/h2-5,9,11H,1H3/t9-/m0/s1. The Hall–Kier alpha value is -0.980. The molecule has 0 unspecified atom stereocenters. The van der Waals surface area contributed by atoms with Crippen LogP contribution in [0.2, 0.25) is 0 Å². The zero-order valence-electron chi connectivity index (χ0n) is 6.69. The fourth-order valence-electron chi connectivity index (χ4n) is 0.861. The van der Waals surface area contributed by atoms with Crippen LogP contribution in [0.25, 0.3) is 0 Å². The van der Waals surface area contributed by atoms with Crippen molar-refractivity contribution in [3.8, 4) is 6.07 Å². The summed E-state index contributed by atoms with van der Waals surface area (Å²) in [5.41, 5.74) is 0.648. The summed E-state index contributed by atoms with van der Waals surface area (Å²) in [5.74, 6) is 0. The summed E-state index contributed by atoms with van der Waals surface area (Å²) < 4.78 is 0. The predicted octanol–water partition coefficient (Wildman–Crippen LogP) is 1.97. The van der Waals surface area contributed by atoms with Gasteiger partial charge < -0.3 is 5.11 Å². The lowest BCUT2D eigenvalue weighted by Crippen LogP contribution is -1.91. The van der Waals surface area contributed by atoms with E-state index in [4.69, 9.17) is 10.4 Å². The van der Waals surface area contributed by atoms with Gasteiger partial charge in [0.25, 0.3) is 0 Å². The molecule has 1 atom stereocenters. The molecule has 0 aliphatic heterocycles. The Balaban J connectivity index is 2.86. The molecule has 1 N–H and O–H groups in total. The first-order valence-corrected chi connectivity index (χ1v) is 4.72. The van der Waals surface area contributed by atoms with Gasteiger partial charge in [0, 0.05) is 4.90 Å². The first-order valence-electron chi connectivity index (χ1n) is 3.49. The summed E-state index contributed by atoms with van der Waals surface area (Å²) in [6.07, 6.45) is 0.983. The van der Waals surface area contributed by atoms with E-state index in [1.165, 1.54) is 0 Å². The van der Waals surface area contributed by atoms with Crippen LogP contribution >= 0.6 is 11.8 Å². The second kappa shape index (κ2) is 4.15. The molecule has 0 amide bonds. The van der Waals surface area contributed by atoms with Crippen LogP contribution in [-0.4, -0.2) is 11.4 Å². The van der Waals surface area contributed by atoms with E-state index in [9.17, 15) is 0 Å². The molecular weight excluding hydrogens is 170 g/mol. The Morgan fingerprint density at radius 1 is 1.42 bits per heavy atom. The van der Waals surface area contributed by atoms with Crippen LogP contribution in [-0.2, 0) is 0 Å². The molecule has 0 fully saturated rings. The molecule has 0 saturated carbocycles. The zero-order chi connectivity index (χ0) is 8.97. The Kier molecular flexibility index (Phi) is 3.15. The summed E-state index contributed by atoms with van der Waals surface area (Å²) in [6.45, 7) is 0. The van der Waals surface area contributed by atoms with Crippen LogP contribution in [0.15, 0.2) is 29.2 Å². The Morgan fingerprint density at radius 2 is 2.00 bits per heavy atom. The van der Waals surface area contributed by atoms with E-state index >= 15 is 0 Å². The van der Waals surface area contributed by atoms with Gasteiger partial charge in [0.2, 0.25) is 0 Å². The highest BCUT2D eigenvalue weighted by Crippen LogP contribution is 2.18. The Labute approximate surface area is 75.8 Å². The number of hydrogen-bond acceptors (Lipinski definition) is 3. The number of rotatable bonds is 2. The summed E-state index contributed by atoms with van der Waals surface area (Å²) in [5, 5.41) is 17.5. The van der Waals surface area contributed by atoms with Gasteiger partial charge in [-0.1, -0.05) is 12.1 Å². The quantitative estimate of drug-likeness (QED) is 0.557. The van der Waals surface area contributed by atoms with Crippen LogP contribution in [0.4, 0.5) is 0 Å². The first kappa shape index (κ1) is 9.11. The highest BCUT2D eigenvalue weighted by atomic mass is 32.2. The van der Waals surface area contributed by atoms with Crippen molar-refractivity contribution in [1.82, 2.24) is 0 Å². The molecule has 3 heteroatoms. The number of nitrogens with zero attached hydrogens (tertiary/aromatic N) is 1. The van der Waals surface area contributed by atoms with E-state index < -0.39 is 6.10 Å². The maximum Gasteiger partial charge on any atom is 0.165 e. The number of hydrogen-bond donors (Lipinski definition) is 1. The second-order valence-corrected chi connectivity index (χ2v) is 3.18. The molecule has 0 saturated heterocycles. The maximum absolute atomic E-state index is 9.12. The molecule has 12 heavy (non-hydrogen) atoms. The minimum atomic E-state index is -0.999. The second-order valence-electron chi connectivity index (χ2n) is 2.30. The minimum Gasteiger partial charge on any atom is -0.374 e. The van der Waals surface area contributed by atoms with Gasteiger partial charge in [0.1, 0.15) is 0 Å². The van der Waals surface area contributed by atoms with E-state index in [0.29, 0.717) is 5.56 Å². The van der Waals surface area contributed by atoms with Gasteiger partial charge >= 0.3 is 0 Å². The Bertz CT molecular complexity index is 288. The smallest absolute Gasteiger partial charge is 0.165 e. The van der Waals surface area contributed by atoms with Gasteiger partial charge in [-0.3, -0.25) is 0 Å². The van der Waals surface area contributed by atoms with Gasteiger partial charge in [-0.25, -0.2) is 0 Å².